The molecule has 1 aromatic rings. The first kappa shape index (κ1) is 14.3. The number of benzene rings is 1. The topological polar surface area (TPSA) is 15.3 Å². The quantitative estimate of drug-likeness (QED) is 0.881. The summed E-state index contributed by atoms with van der Waals surface area (Å²) >= 11 is 0. The molecule has 2 nitrogen and oxygen atoms in total. The maximum Gasteiger partial charge on any atom is 0.123 e. The molecule has 1 aliphatic rings. The summed E-state index contributed by atoms with van der Waals surface area (Å²) in [6.45, 7) is 9.65. The van der Waals surface area contributed by atoms with Crippen molar-refractivity contribution in [3.8, 4) is 0 Å². The lowest BCUT2D eigenvalue weighted by Gasteiger charge is -2.34. The standard InChI is InChI=1S/C16H25FN2/c1-4-15-7-8-19(11-12(2)10-18-15)16-6-5-14(17)9-13(16)3/h5-6,9,12,15,18H,4,7-8,10-11H2,1-3H3. The first-order valence-corrected chi connectivity index (χ1v) is 7.34. The van der Waals surface area contributed by atoms with Crippen molar-refractivity contribution in [3.05, 3.63) is 29.6 Å². The molecule has 2 unspecified atom stereocenters. The van der Waals surface area contributed by atoms with Gasteiger partial charge < -0.3 is 10.2 Å². The maximum atomic E-state index is 13.2. The van der Waals surface area contributed by atoms with E-state index in [4.69, 9.17) is 0 Å². The monoisotopic (exact) mass is 264 g/mol. The first-order valence-electron chi connectivity index (χ1n) is 7.34. The van der Waals surface area contributed by atoms with Crippen LogP contribution in [0.25, 0.3) is 0 Å². The fourth-order valence-corrected chi connectivity index (χ4v) is 2.85. The summed E-state index contributed by atoms with van der Waals surface area (Å²) in [6.07, 6.45) is 2.32. The molecule has 3 heteroatoms. The highest BCUT2D eigenvalue weighted by Crippen LogP contribution is 2.23. The van der Waals surface area contributed by atoms with Crippen molar-refractivity contribution in [3.63, 3.8) is 0 Å². The predicted molar refractivity (Wildman–Crippen MR) is 79.2 cm³/mol. The Balaban J connectivity index is 2.16. The van der Waals surface area contributed by atoms with E-state index >= 15 is 0 Å². The van der Waals surface area contributed by atoms with Gasteiger partial charge in [0, 0.05) is 24.8 Å². The number of nitrogens with zero attached hydrogens (tertiary/aromatic N) is 1. The van der Waals surface area contributed by atoms with Crippen molar-refractivity contribution < 1.29 is 4.39 Å². The van der Waals surface area contributed by atoms with E-state index in [-0.39, 0.29) is 5.82 Å². The molecule has 0 bridgehead atoms. The van der Waals surface area contributed by atoms with E-state index in [2.05, 4.69) is 24.1 Å². The molecule has 1 fully saturated rings. The second kappa shape index (κ2) is 6.38. The van der Waals surface area contributed by atoms with Crippen LogP contribution in [-0.4, -0.2) is 25.7 Å². The molecule has 19 heavy (non-hydrogen) atoms. The molecule has 0 radical (unpaired) electrons. The third kappa shape index (κ3) is 3.69. The lowest BCUT2D eigenvalue weighted by atomic mass is 10.0. The zero-order valence-electron chi connectivity index (χ0n) is 12.2. The van der Waals surface area contributed by atoms with Gasteiger partial charge in [-0.05, 0) is 56.0 Å². The Bertz CT molecular complexity index is 419. The highest BCUT2D eigenvalue weighted by atomic mass is 19.1. The zero-order chi connectivity index (χ0) is 13.8. The smallest absolute Gasteiger partial charge is 0.123 e. The van der Waals surface area contributed by atoms with Crippen molar-refractivity contribution >= 4 is 5.69 Å². The second-order valence-electron chi connectivity index (χ2n) is 5.78. The van der Waals surface area contributed by atoms with Crippen LogP contribution in [0.5, 0.6) is 0 Å². The average Bonchev–Trinajstić information content (AvgIpc) is 2.35. The van der Waals surface area contributed by atoms with Gasteiger partial charge in [-0.25, -0.2) is 4.39 Å². The highest BCUT2D eigenvalue weighted by Gasteiger charge is 2.19. The maximum absolute atomic E-state index is 13.2. The molecule has 0 spiro atoms. The summed E-state index contributed by atoms with van der Waals surface area (Å²) in [4.78, 5) is 2.42. The molecule has 1 saturated heterocycles. The molecule has 2 atom stereocenters. The summed E-state index contributed by atoms with van der Waals surface area (Å²) in [5.74, 6) is 0.466. The number of halogens is 1. The minimum atomic E-state index is -0.144. The SMILES string of the molecule is CCC1CCN(c2ccc(F)cc2C)CC(C)CN1. The summed E-state index contributed by atoms with van der Waals surface area (Å²) in [5, 5.41) is 3.63. The van der Waals surface area contributed by atoms with Gasteiger partial charge in [0.05, 0.1) is 0 Å². The van der Waals surface area contributed by atoms with Gasteiger partial charge in [-0.1, -0.05) is 13.8 Å². The van der Waals surface area contributed by atoms with Crippen LogP contribution in [0.1, 0.15) is 32.3 Å². The Labute approximate surface area is 116 Å². The number of hydrogen-bond donors (Lipinski definition) is 1. The van der Waals surface area contributed by atoms with Crippen LogP contribution < -0.4 is 10.2 Å². The predicted octanol–water partition coefficient (Wildman–Crippen LogP) is 3.35. The van der Waals surface area contributed by atoms with Crippen LogP contribution in [0, 0.1) is 18.7 Å². The van der Waals surface area contributed by atoms with E-state index in [0.29, 0.717) is 12.0 Å². The fourth-order valence-electron chi connectivity index (χ4n) is 2.85. The lowest BCUT2D eigenvalue weighted by Crippen LogP contribution is -2.43. The van der Waals surface area contributed by atoms with Gasteiger partial charge in [-0.2, -0.15) is 0 Å². The molecule has 1 N–H and O–H groups in total. The summed E-state index contributed by atoms with van der Waals surface area (Å²) in [5.41, 5.74) is 2.22. The number of aryl methyl sites for hydroxylation is 1. The van der Waals surface area contributed by atoms with Gasteiger partial charge in [0.15, 0.2) is 0 Å². The molecule has 106 valence electrons. The minimum Gasteiger partial charge on any atom is -0.371 e. The molecule has 0 aliphatic carbocycles. The van der Waals surface area contributed by atoms with Crippen LogP contribution in [0.4, 0.5) is 10.1 Å². The van der Waals surface area contributed by atoms with Crippen LogP contribution in [0.2, 0.25) is 0 Å². The van der Waals surface area contributed by atoms with Crippen LogP contribution >= 0.6 is 0 Å². The van der Waals surface area contributed by atoms with E-state index in [0.717, 1.165) is 31.6 Å². The molecule has 0 saturated carbocycles. The van der Waals surface area contributed by atoms with Crippen LogP contribution in [-0.2, 0) is 0 Å². The van der Waals surface area contributed by atoms with Crippen LogP contribution in [0.15, 0.2) is 18.2 Å². The van der Waals surface area contributed by atoms with Gasteiger partial charge in [-0.15, -0.1) is 0 Å². The minimum absolute atomic E-state index is 0.144. The van der Waals surface area contributed by atoms with Gasteiger partial charge in [0.25, 0.3) is 0 Å². The molecule has 2 rings (SSSR count). The molecular formula is C16H25FN2. The van der Waals surface area contributed by atoms with E-state index in [1.54, 1.807) is 12.1 Å². The van der Waals surface area contributed by atoms with Crippen molar-refractivity contribution in [2.75, 3.05) is 24.5 Å². The summed E-state index contributed by atoms with van der Waals surface area (Å²) in [6, 6.07) is 5.73. The van der Waals surface area contributed by atoms with Crippen molar-refractivity contribution in [2.45, 2.75) is 39.7 Å². The Kier molecular flexibility index (Phi) is 4.81. The fraction of sp³-hybridized carbons (Fsp3) is 0.625. The normalized spacial score (nSPS) is 24.9. The third-order valence-electron chi connectivity index (χ3n) is 4.03. The molecular weight excluding hydrogens is 239 g/mol. The van der Waals surface area contributed by atoms with Crippen molar-refractivity contribution in [2.24, 2.45) is 5.92 Å². The largest absolute Gasteiger partial charge is 0.371 e. The number of anilines is 1. The molecule has 0 aromatic heterocycles. The van der Waals surface area contributed by atoms with Gasteiger partial charge in [0.2, 0.25) is 0 Å². The van der Waals surface area contributed by atoms with E-state index in [1.165, 1.54) is 12.1 Å². The Morgan fingerprint density at radius 1 is 1.42 bits per heavy atom. The van der Waals surface area contributed by atoms with Gasteiger partial charge >= 0.3 is 0 Å². The molecule has 1 aliphatic heterocycles. The average molecular weight is 264 g/mol. The lowest BCUT2D eigenvalue weighted by molar-refractivity contribution is 0.387. The molecule has 1 aromatic carbocycles. The molecule has 1 heterocycles. The van der Waals surface area contributed by atoms with E-state index < -0.39 is 0 Å². The van der Waals surface area contributed by atoms with E-state index in [9.17, 15) is 4.39 Å². The zero-order valence-corrected chi connectivity index (χ0v) is 12.2. The highest BCUT2D eigenvalue weighted by molar-refractivity contribution is 5.53. The van der Waals surface area contributed by atoms with Crippen molar-refractivity contribution in [1.82, 2.24) is 5.32 Å². The molecule has 0 amide bonds. The summed E-state index contributed by atoms with van der Waals surface area (Å²) < 4.78 is 13.2. The van der Waals surface area contributed by atoms with Crippen molar-refractivity contribution in [1.29, 1.82) is 0 Å². The van der Waals surface area contributed by atoms with Gasteiger partial charge in [-0.3, -0.25) is 0 Å². The number of nitrogens with one attached hydrogen (secondary N) is 1. The Morgan fingerprint density at radius 2 is 2.21 bits per heavy atom. The first-order chi connectivity index (χ1) is 9.10. The van der Waals surface area contributed by atoms with Gasteiger partial charge in [0.1, 0.15) is 5.82 Å². The van der Waals surface area contributed by atoms with Crippen LogP contribution in [0.3, 0.4) is 0 Å². The second-order valence-corrected chi connectivity index (χ2v) is 5.78. The van der Waals surface area contributed by atoms with E-state index in [1.807, 2.05) is 13.0 Å². The Hall–Kier alpha value is -1.09. The third-order valence-corrected chi connectivity index (χ3v) is 4.03. The summed E-state index contributed by atoms with van der Waals surface area (Å²) in [7, 11) is 0. The Morgan fingerprint density at radius 3 is 2.89 bits per heavy atom. The number of hydrogen-bond acceptors (Lipinski definition) is 2. The number of rotatable bonds is 2.